The van der Waals surface area contributed by atoms with Crippen molar-refractivity contribution in [3.05, 3.63) is 0 Å². The lowest BCUT2D eigenvalue weighted by molar-refractivity contribution is -0.123. The average Bonchev–Trinajstić information content (AvgIpc) is 2.67. The van der Waals surface area contributed by atoms with Gasteiger partial charge < -0.3 is 9.80 Å². The van der Waals surface area contributed by atoms with Crippen LogP contribution in [0, 0.1) is 5.92 Å². The van der Waals surface area contributed by atoms with Crippen molar-refractivity contribution in [2.45, 2.75) is 59.3 Å². The van der Waals surface area contributed by atoms with Crippen LogP contribution < -0.4 is 0 Å². The van der Waals surface area contributed by atoms with Crippen LogP contribution in [-0.2, 0) is 4.79 Å². The van der Waals surface area contributed by atoms with E-state index < -0.39 is 0 Å². The van der Waals surface area contributed by atoms with E-state index in [4.69, 9.17) is 0 Å². The SMILES string of the molecule is CCN(CC)CCCN(CC)CC1CCCCCC1=O. The van der Waals surface area contributed by atoms with E-state index in [9.17, 15) is 4.79 Å². The average molecular weight is 282 g/mol. The second kappa shape index (κ2) is 10.3. The third-order valence-electron chi connectivity index (χ3n) is 4.70. The third kappa shape index (κ3) is 6.36. The maximum atomic E-state index is 12.1. The van der Waals surface area contributed by atoms with E-state index in [1.54, 1.807) is 0 Å². The van der Waals surface area contributed by atoms with Crippen molar-refractivity contribution in [2.75, 3.05) is 39.3 Å². The predicted molar refractivity (Wildman–Crippen MR) is 86.1 cm³/mol. The Hall–Kier alpha value is -0.410. The normalized spacial score (nSPS) is 20.6. The van der Waals surface area contributed by atoms with E-state index in [2.05, 4.69) is 30.6 Å². The van der Waals surface area contributed by atoms with E-state index in [1.807, 2.05) is 0 Å². The molecule has 20 heavy (non-hydrogen) atoms. The Balaban J connectivity index is 2.32. The summed E-state index contributed by atoms with van der Waals surface area (Å²) in [7, 11) is 0. The van der Waals surface area contributed by atoms with E-state index in [0.717, 1.165) is 52.0 Å². The second-order valence-electron chi connectivity index (χ2n) is 6.04. The summed E-state index contributed by atoms with van der Waals surface area (Å²) in [5.74, 6) is 0.829. The molecule has 0 radical (unpaired) electrons. The Labute approximate surface area is 125 Å². The number of Topliss-reactive ketones (excluding diaryl/α,β-unsaturated/α-hetero) is 1. The number of carbonyl (C=O) groups excluding carboxylic acids is 1. The standard InChI is InChI=1S/C17H34N2O/c1-4-18(5-2)13-10-14-19(6-3)15-16-11-8-7-9-12-17(16)20/h16H,4-15H2,1-3H3. The minimum atomic E-state index is 0.311. The summed E-state index contributed by atoms with van der Waals surface area (Å²) in [6.45, 7) is 13.3. The van der Waals surface area contributed by atoms with Crippen LogP contribution >= 0.6 is 0 Å². The summed E-state index contributed by atoms with van der Waals surface area (Å²) in [5, 5.41) is 0. The lowest BCUT2D eigenvalue weighted by atomic mass is 9.98. The van der Waals surface area contributed by atoms with Gasteiger partial charge in [0.05, 0.1) is 0 Å². The third-order valence-corrected chi connectivity index (χ3v) is 4.70. The molecule has 0 aromatic heterocycles. The fourth-order valence-electron chi connectivity index (χ4n) is 3.17. The maximum absolute atomic E-state index is 12.1. The number of nitrogens with zero attached hydrogens (tertiary/aromatic N) is 2. The van der Waals surface area contributed by atoms with Crippen LogP contribution in [-0.4, -0.2) is 54.9 Å². The molecule has 0 aliphatic heterocycles. The summed E-state index contributed by atoms with van der Waals surface area (Å²) in [5.41, 5.74) is 0. The molecule has 0 amide bonds. The number of hydrogen-bond donors (Lipinski definition) is 0. The van der Waals surface area contributed by atoms with Gasteiger partial charge in [-0.1, -0.05) is 33.6 Å². The zero-order valence-corrected chi connectivity index (χ0v) is 13.9. The van der Waals surface area contributed by atoms with Gasteiger partial charge in [0.15, 0.2) is 0 Å². The highest BCUT2D eigenvalue weighted by Gasteiger charge is 2.22. The van der Waals surface area contributed by atoms with E-state index in [0.29, 0.717) is 11.7 Å². The molecule has 0 bridgehead atoms. The first-order chi connectivity index (χ1) is 9.71. The van der Waals surface area contributed by atoms with Gasteiger partial charge in [-0.05, 0) is 52.0 Å². The fourth-order valence-corrected chi connectivity index (χ4v) is 3.17. The first-order valence-corrected chi connectivity index (χ1v) is 8.68. The van der Waals surface area contributed by atoms with Crippen LogP contribution in [0.25, 0.3) is 0 Å². The Morgan fingerprint density at radius 3 is 2.25 bits per heavy atom. The maximum Gasteiger partial charge on any atom is 0.137 e. The monoisotopic (exact) mass is 282 g/mol. The largest absolute Gasteiger partial charge is 0.304 e. The minimum absolute atomic E-state index is 0.311. The highest BCUT2D eigenvalue weighted by molar-refractivity contribution is 5.81. The van der Waals surface area contributed by atoms with Crippen molar-refractivity contribution in [3.8, 4) is 0 Å². The lowest BCUT2D eigenvalue weighted by Crippen LogP contribution is -2.35. The molecule has 1 rings (SSSR count). The summed E-state index contributed by atoms with van der Waals surface area (Å²) in [6, 6.07) is 0. The van der Waals surface area contributed by atoms with Crippen LogP contribution in [0.1, 0.15) is 59.3 Å². The zero-order chi connectivity index (χ0) is 14.8. The van der Waals surface area contributed by atoms with E-state index in [-0.39, 0.29) is 0 Å². The molecule has 1 aliphatic carbocycles. The van der Waals surface area contributed by atoms with Gasteiger partial charge >= 0.3 is 0 Å². The molecule has 0 aromatic rings. The summed E-state index contributed by atoms with van der Waals surface area (Å²) in [6.07, 6.45) is 6.76. The zero-order valence-electron chi connectivity index (χ0n) is 13.9. The van der Waals surface area contributed by atoms with Crippen LogP contribution in [0.5, 0.6) is 0 Å². The molecule has 3 heteroatoms. The number of carbonyl (C=O) groups is 1. The van der Waals surface area contributed by atoms with Crippen molar-refractivity contribution < 1.29 is 4.79 Å². The van der Waals surface area contributed by atoms with Crippen molar-refractivity contribution in [1.29, 1.82) is 0 Å². The molecule has 0 aromatic carbocycles. The van der Waals surface area contributed by atoms with Crippen molar-refractivity contribution >= 4 is 5.78 Å². The van der Waals surface area contributed by atoms with Crippen molar-refractivity contribution in [2.24, 2.45) is 5.92 Å². The van der Waals surface area contributed by atoms with Crippen LogP contribution in [0.4, 0.5) is 0 Å². The van der Waals surface area contributed by atoms with Crippen molar-refractivity contribution in [1.82, 2.24) is 9.80 Å². The summed E-state index contributed by atoms with van der Waals surface area (Å²) < 4.78 is 0. The molecule has 1 fully saturated rings. The fraction of sp³-hybridized carbons (Fsp3) is 0.941. The van der Waals surface area contributed by atoms with E-state index in [1.165, 1.54) is 25.8 Å². The van der Waals surface area contributed by atoms with Crippen LogP contribution in [0.3, 0.4) is 0 Å². The quantitative estimate of drug-likeness (QED) is 0.607. The molecule has 3 nitrogen and oxygen atoms in total. The van der Waals surface area contributed by atoms with Gasteiger partial charge in [0, 0.05) is 18.9 Å². The molecule has 1 aliphatic rings. The highest BCUT2D eigenvalue weighted by atomic mass is 16.1. The molecular weight excluding hydrogens is 248 g/mol. The van der Waals surface area contributed by atoms with Gasteiger partial charge in [0.25, 0.3) is 0 Å². The highest BCUT2D eigenvalue weighted by Crippen LogP contribution is 2.21. The van der Waals surface area contributed by atoms with Crippen LogP contribution in [0.2, 0.25) is 0 Å². The molecule has 0 N–H and O–H groups in total. The smallest absolute Gasteiger partial charge is 0.137 e. The molecular formula is C17H34N2O. The first kappa shape index (κ1) is 17.6. The van der Waals surface area contributed by atoms with Gasteiger partial charge in [-0.2, -0.15) is 0 Å². The Bertz CT molecular complexity index is 264. The Morgan fingerprint density at radius 1 is 0.950 bits per heavy atom. The summed E-state index contributed by atoms with van der Waals surface area (Å²) >= 11 is 0. The topological polar surface area (TPSA) is 23.6 Å². The van der Waals surface area contributed by atoms with Gasteiger partial charge in [0.1, 0.15) is 5.78 Å². The number of ketones is 1. The number of hydrogen-bond acceptors (Lipinski definition) is 3. The summed E-state index contributed by atoms with van der Waals surface area (Å²) in [4.78, 5) is 17.1. The Kier molecular flexibility index (Phi) is 9.12. The molecule has 1 saturated carbocycles. The van der Waals surface area contributed by atoms with Gasteiger partial charge in [-0.3, -0.25) is 4.79 Å². The lowest BCUT2D eigenvalue weighted by Gasteiger charge is -2.26. The van der Waals surface area contributed by atoms with Crippen molar-refractivity contribution in [3.63, 3.8) is 0 Å². The predicted octanol–water partition coefficient (Wildman–Crippen LogP) is 3.19. The first-order valence-electron chi connectivity index (χ1n) is 8.68. The second-order valence-corrected chi connectivity index (χ2v) is 6.04. The van der Waals surface area contributed by atoms with Gasteiger partial charge in [-0.25, -0.2) is 0 Å². The molecule has 1 atom stereocenters. The van der Waals surface area contributed by atoms with Crippen LogP contribution in [0.15, 0.2) is 0 Å². The molecule has 118 valence electrons. The molecule has 1 unspecified atom stereocenters. The Morgan fingerprint density at radius 2 is 1.60 bits per heavy atom. The molecule has 0 saturated heterocycles. The van der Waals surface area contributed by atoms with E-state index >= 15 is 0 Å². The molecule has 0 heterocycles. The molecule has 0 spiro atoms. The number of rotatable bonds is 9. The van der Waals surface area contributed by atoms with Gasteiger partial charge in [-0.15, -0.1) is 0 Å². The van der Waals surface area contributed by atoms with Gasteiger partial charge in [0.2, 0.25) is 0 Å². The minimum Gasteiger partial charge on any atom is -0.304 e.